The Balaban J connectivity index is 0.000000145. The van der Waals surface area contributed by atoms with Crippen LogP contribution in [0.1, 0.15) is 25.0 Å². The van der Waals surface area contributed by atoms with E-state index in [1.807, 2.05) is 0 Å². The highest BCUT2D eigenvalue weighted by molar-refractivity contribution is 6.28. The molecule has 0 atom stereocenters. The van der Waals surface area contributed by atoms with Gasteiger partial charge >= 0.3 is 0 Å². The minimum Gasteiger partial charge on any atom is -0.0622 e. The summed E-state index contributed by atoms with van der Waals surface area (Å²) >= 11 is 0. The van der Waals surface area contributed by atoms with E-state index in [4.69, 9.17) is 0 Å². The molecule has 0 aliphatic heterocycles. The Morgan fingerprint density at radius 1 is 0.107 bits per heavy atom. The SMILES string of the molecule is CC1(C)c2ccccc2-c2ccc(-c3c4ccccc4c(-c4ccc5c(-c6ccc(-c7ccccc7)cc6)c6ccccc6c(-c6ccc(-c7ccccc7)cc6)c5c4)c4ccccc34)cc21.c1ccc(-c2ccc(-c3c4ccccc4c(-c4ccc5c(-c6ccc(-c7ccccc7)cc6)c6ccccc6c(-c6ccc(-c7ccccc7)cc6)c5c4)c4ccccc34)cc2)cc1. The molecule has 0 fully saturated rings. The Labute approximate surface area is 764 Å². The van der Waals surface area contributed by atoms with Gasteiger partial charge in [-0.2, -0.15) is 0 Å². The van der Waals surface area contributed by atoms with E-state index in [1.54, 1.807) is 0 Å². The fourth-order valence-electron chi connectivity index (χ4n) is 21.6. The molecule has 612 valence electrons. The van der Waals surface area contributed by atoms with E-state index in [2.05, 4.69) is 511 Å². The molecule has 0 bridgehead atoms. The molecule has 0 spiro atoms. The molecule has 24 aromatic rings. The summed E-state index contributed by atoms with van der Waals surface area (Å²) in [5, 5.41) is 20.0. The Kier molecular flexibility index (Phi) is 19.4. The Morgan fingerprint density at radius 3 is 0.519 bits per heavy atom. The van der Waals surface area contributed by atoms with Gasteiger partial charge in [0.15, 0.2) is 0 Å². The van der Waals surface area contributed by atoms with Crippen LogP contribution in [0.15, 0.2) is 497 Å². The fourth-order valence-corrected chi connectivity index (χ4v) is 21.6. The van der Waals surface area contributed by atoms with Gasteiger partial charge in [-0.3, -0.25) is 0 Å². The van der Waals surface area contributed by atoms with Crippen molar-refractivity contribution in [1.29, 1.82) is 0 Å². The second kappa shape index (κ2) is 32.7. The first-order chi connectivity index (χ1) is 64.8. The van der Waals surface area contributed by atoms with Crippen molar-refractivity contribution in [2.75, 3.05) is 0 Å². The van der Waals surface area contributed by atoms with Gasteiger partial charge in [0.25, 0.3) is 0 Å². The minimum absolute atomic E-state index is 0.0921. The topological polar surface area (TPSA) is 0 Å². The summed E-state index contributed by atoms with van der Waals surface area (Å²) in [6.07, 6.45) is 0. The zero-order chi connectivity index (χ0) is 87.0. The Hall–Kier alpha value is -16.6. The third kappa shape index (κ3) is 13.6. The van der Waals surface area contributed by atoms with Crippen molar-refractivity contribution in [3.63, 3.8) is 0 Å². The van der Waals surface area contributed by atoms with E-state index in [-0.39, 0.29) is 5.41 Å². The normalized spacial score (nSPS) is 12.1. The quantitative estimate of drug-likeness (QED) is 0.101. The minimum atomic E-state index is -0.0921. The van der Waals surface area contributed by atoms with Gasteiger partial charge in [0.1, 0.15) is 0 Å². The lowest BCUT2D eigenvalue weighted by Gasteiger charge is -2.23. The monoisotopic (exact) mass is 1660 g/mol. The second-order valence-corrected chi connectivity index (χ2v) is 35.4. The van der Waals surface area contributed by atoms with Crippen LogP contribution >= 0.6 is 0 Å². The summed E-state index contributed by atoms with van der Waals surface area (Å²) in [4.78, 5) is 0. The predicted octanol–water partition coefficient (Wildman–Crippen LogP) is 36.6. The maximum atomic E-state index is 2.49. The molecule has 0 amide bonds. The number of fused-ring (bicyclic) bond motifs is 11. The molecule has 1 aliphatic carbocycles. The standard InChI is InChI=1S/C67H46.C64H42/c1-67(2)61-28-16-15-21-51(61)52-39-37-50(42-62(52)67)66-57-26-13-11-24-55(57)65(56-25-12-14-27-58(56)66)49-38-40-59-60(41-49)64(48-35-31-46(32-36-48)44-19-7-4-8-20-44)54-23-10-9-22-53(54)63(59)47-33-29-45(30-34-47)43-17-5-3-6-18-43;1-4-16-43(17-5-1)46-28-34-49(35-29-46)61-54-23-11-14-26-57(54)64(58-27-15-12-24-55(58)61)52-40-41-59-60(42-52)63(51-38-32-48(33-39-51)45-20-8-3-9-21-45)56-25-13-10-22-53(56)62(59)50-36-30-47(31-37-50)44-18-6-2-7-19-44/h3-42H,1-2H3;1-42H. The molecular weight excluding hydrogens is 1570 g/mol. The smallest absolute Gasteiger partial charge is 0.0159 e. The Morgan fingerprint density at radius 2 is 0.267 bits per heavy atom. The summed E-state index contributed by atoms with van der Waals surface area (Å²) < 4.78 is 0. The van der Waals surface area contributed by atoms with Crippen molar-refractivity contribution in [2.45, 2.75) is 19.3 Å². The molecule has 0 nitrogen and oxygen atoms in total. The summed E-state index contributed by atoms with van der Waals surface area (Å²) in [5.41, 5.74) is 37.3. The van der Waals surface area contributed by atoms with Crippen molar-refractivity contribution in [3.8, 4) is 156 Å². The average Bonchev–Trinajstić information content (AvgIpc) is 1.55. The summed E-state index contributed by atoms with van der Waals surface area (Å²) in [7, 11) is 0. The highest BCUT2D eigenvalue weighted by Gasteiger charge is 2.36. The van der Waals surface area contributed by atoms with Crippen molar-refractivity contribution in [2.24, 2.45) is 0 Å². The highest BCUT2D eigenvalue weighted by atomic mass is 14.4. The Bertz CT molecular complexity index is 8430. The average molecular weight is 1660 g/mol. The number of hydrogen-bond acceptors (Lipinski definition) is 0. The summed E-state index contributed by atoms with van der Waals surface area (Å²) in [6.45, 7) is 4.75. The van der Waals surface area contributed by atoms with Gasteiger partial charge in [0.2, 0.25) is 0 Å². The third-order valence-corrected chi connectivity index (χ3v) is 27.8. The molecular formula is C131H88. The van der Waals surface area contributed by atoms with Crippen LogP contribution in [0, 0.1) is 0 Å². The fraction of sp³-hybridized carbons (Fsp3) is 0.0229. The van der Waals surface area contributed by atoms with Gasteiger partial charge in [-0.15, -0.1) is 0 Å². The van der Waals surface area contributed by atoms with Crippen LogP contribution in [-0.4, -0.2) is 0 Å². The highest BCUT2D eigenvalue weighted by Crippen LogP contribution is 2.55. The van der Waals surface area contributed by atoms with E-state index in [0.29, 0.717) is 0 Å². The molecule has 0 N–H and O–H groups in total. The van der Waals surface area contributed by atoms with Crippen LogP contribution in [0.5, 0.6) is 0 Å². The van der Waals surface area contributed by atoms with Crippen molar-refractivity contribution in [1.82, 2.24) is 0 Å². The van der Waals surface area contributed by atoms with Gasteiger partial charge in [-0.1, -0.05) is 493 Å². The second-order valence-electron chi connectivity index (χ2n) is 35.4. The molecule has 0 unspecified atom stereocenters. The van der Waals surface area contributed by atoms with E-state index >= 15 is 0 Å². The lowest BCUT2D eigenvalue weighted by atomic mass is 9.80. The number of rotatable bonds is 13. The largest absolute Gasteiger partial charge is 0.0622 e. The van der Waals surface area contributed by atoms with Crippen molar-refractivity contribution >= 4 is 86.2 Å². The van der Waals surface area contributed by atoms with Crippen molar-refractivity contribution < 1.29 is 0 Å². The zero-order valence-corrected chi connectivity index (χ0v) is 72.8. The lowest BCUT2D eigenvalue weighted by molar-refractivity contribution is 0.660. The molecule has 0 saturated carbocycles. The number of hydrogen-bond donors (Lipinski definition) is 0. The molecule has 0 radical (unpaired) electrons. The maximum absolute atomic E-state index is 2.49. The van der Waals surface area contributed by atoms with Gasteiger partial charge < -0.3 is 0 Å². The van der Waals surface area contributed by atoms with Crippen LogP contribution in [-0.2, 0) is 5.41 Å². The van der Waals surface area contributed by atoms with E-state index in [0.717, 1.165) is 0 Å². The molecule has 0 saturated heterocycles. The van der Waals surface area contributed by atoms with Crippen molar-refractivity contribution in [3.05, 3.63) is 509 Å². The van der Waals surface area contributed by atoms with Crippen LogP contribution in [0.3, 0.4) is 0 Å². The molecule has 1 aliphatic rings. The van der Waals surface area contributed by atoms with Gasteiger partial charge in [-0.05, 0) is 271 Å². The first-order valence-electron chi connectivity index (χ1n) is 45.7. The summed E-state index contributed by atoms with van der Waals surface area (Å²) in [6, 6.07) is 184. The first-order valence-corrected chi connectivity index (χ1v) is 45.7. The van der Waals surface area contributed by atoms with Crippen LogP contribution in [0.4, 0.5) is 0 Å². The van der Waals surface area contributed by atoms with Gasteiger partial charge in [0.05, 0.1) is 0 Å². The van der Waals surface area contributed by atoms with Crippen LogP contribution in [0.25, 0.3) is 242 Å². The lowest BCUT2D eigenvalue weighted by Crippen LogP contribution is -2.14. The molecule has 24 aromatic carbocycles. The predicted molar refractivity (Wildman–Crippen MR) is 561 cm³/mol. The van der Waals surface area contributed by atoms with Crippen LogP contribution < -0.4 is 0 Å². The molecule has 0 aromatic heterocycles. The molecule has 0 heterocycles. The maximum Gasteiger partial charge on any atom is 0.0159 e. The van der Waals surface area contributed by atoms with E-state index in [9.17, 15) is 0 Å². The first kappa shape index (κ1) is 77.9. The van der Waals surface area contributed by atoms with E-state index < -0.39 is 0 Å². The molecule has 25 rings (SSSR count). The zero-order valence-electron chi connectivity index (χ0n) is 72.8. The van der Waals surface area contributed by atoms with Gasteiger partial charge in [-0.25, -0.2) is 0 Å². The summed E-state index contributed by atoms with van der Waals surface area (Å²) in [5.74, 6) is 0. The molecule has 0 heteroatoms. The van der Waals surface area contributed by atoms with Crippen LogP contribution in [0.2, 0.25) is 0 Å². The molecule has 131 heavy (non-hydrogen) atoms. The van der Waals surface area contributed by atoms with Gasteiger partial charge in [0, 0.05) is 5.41 Å². The number of benzene rings is 24. The van der Waals surface area contributed by atoms with E-state index in [1.165, 1.54) is 253 Å². The third-order valence-electron chi connectivity index (χ3n) is 27.8.